The van der Waals surface area contributed by atoms with Gasteiger partial charge in [-0.25, -0.2) is 0 Å². The molecule has 0 aromatic rings. The van der Waals surface area contributed by atoms with Gasteiger partial charge in [-0.1, -0.05) is 56.3 Å². The van der Waals surface area contributed by atoms with E-state index < -0.39 is 0 Å². The van der Waals surface area contributed by atoms with Crippen LogP contribution in [0.25, 0.3) is 11.1 Å². The maximum Gasteiger partial charge on any atom is -0.0181 e. The lowest BCUT2D eigenvalue weighted by Gasteiger charge is -1.85. The Morgan fingerprint density at radius 3 is 1.69 bits per heavy atom. The standard InChI is InChI=1S/C11H10.C2H6/c1-9-7-10-5-3-2-4-6-11(10)8-9;1-2/h2-8H,1H3;1-2H3. The lowest BCUT2D eigenvalue weighted by Crippen LogP contribution is -1.59. The van der Waals surface area contributed by atoms with Crippen molar-refractivity contribution in [3.8, 4) is 11.1 Å². The van der Waals surface area contributed by atoms with Crippen molar-refractivity contribution in [1.82, 2.24) is 0 Å². The van der Waals surface area contributed by atoms with E-state index >= 15 is 0 Å². The molecule has 0 spiro atoms. The molecule has 0 aromatic heterocycles. The quantitative estimate of drug-likeness (QED) is 0.560. The third-order valence-corrected chi connectivity index (χ3v) is 1.87. The van der Waals surface area contributed by atoms with Gasteiger partial charge in [0, 0.05) is 0 Å². The van der Waals surface area contributed by atoms with Gasteiger partial charge in [-0.2, -0.15) is 0 Å². The Labute approximate surface area is 80.6 Å². The zero-order valence-corrected chi connectivity index (χ0v) is 8.54. The molecule has 68 valence electrons. The summed E-state index contributed by atoms with van der Waals surface area (Å²) in [6.07, 6.45) is 0. The summed E-state index contributed by atoms with van der Waals surface area (Å²) >= 11 is 0. The second-order valence-electron chi connectivity index (χ2n) is 2.85. The van der Waals surface area contributed by atoms with Crippen LogP contribution in [0.2, 0.25) is 0 Å². The van der Waals surface area contributed by atoms with Gasteiger partial charge in [0.25, 0.3) is 0 Å². The van der Waals surface area contributed by atoms with E-state index in [-0.39, 0.29) is 0 Å². The van der Waals surface area contributed by atoms with Crippen molar-refractivity contribution >= 4 is 0 Å². The number of fused-ring (bicyclic) bond motifs is 1. The third kappa shape index (κ3) is 2.32. The van der Waals surface area contributed by atoms with Crippen LogP contribution in [0, 0.1) is 6.92 Å². The molecule has 0 heteroatoms. The molecule has 0 amide bonds. The zero-order valence-electron chi connectivity index (χ0n) is 8.54. The van der Waals surface area contributed by atoms with E-state index in [4.69, 9.17) is 0 Å². The second-order valence-corrected chi connectivity index (χ2v) is 2.85. The number of hydrogen-bond acceptors (Lipinski definition) is 0. The molecular weight excluding hydrogens is 156 g/mol. The van der Waals surface area contributed by atoms with Gasteiger partial charge in [0.15, 0.2) is 0 Å². The van der Waals surface area contributed by atoms with Gasteiger partial charge in [-0.05, 0) is 23.6 Å². The Morgan fingerprint density at radius 1 is 0.769 bits per heavy atom. The largest absolute Gasteiger partial charge is 0.0683 e. The van der Waals surface area contributed by atoms with Crippen molar-refractivity contribution in [1.29, 1.82) is 0 Å². The molecule has 0 saturated heterocycles. The molecule has 0 atom stereocenters. The van der Waals surface area contributed by atoms with Crippen molar-refractivity contribution < 1.29 is 0 Å². The first-order valence-electron chi connectivity index (χ1n) is 4.82. The highest BCUT2D eigenvalue weighted by molar-refractivity contribution is 5.67. The highest BCUT2D eigenvalue weighted by atomic mass is 14.0. The van der Waals surface area contributed by atoms with E-state index in [1.54, 1.807) is 0 Å². The maximum absolute atomic E-state index is 2.20. The molecule has 2 rings (SSSR count). The molecule has 0 saturated carbocycles. The zero-order chi connectivity index (χ0) is 9.68. The van der Waals surface area contributed by atoms with Crippen LogP contribution in [0.4, 0.5) is 0 Å². The van der Waals surface area contributed by atoms with Gasteiger partial charge in [0.05, 0.1) is 0 Å². The first-order valence-corrected chi connectivity index (χ1v) is 4.82. The van der Waals surface area contributed by atoms with Crippen molar-refractivity contribution in [2.24, 2.45) is 0 Å². The number of hydrogen-bond donors (Lipinski definition) is 0. The van der Waals surface area contributed by atoms with Gasteiger partial charge >= 0.3 is 0 Å². The fourth-order valence-electron chi connectivity index (χ4n) is 1.37. The third-order valence-electron chi connectivity index (χ3n) is 1.87. The van der Waals surface area contributed by atoms with Gasteiger partial charge in [-0.15, -0.1) is 0 Å². The van der Waals surface area contributed by atoms with Crippen LogP contribution < -0.4 is 0 Å². The molecule has 0 nitrogen and oxygen atoms in total. The summed E-state index contributed by atoms with van der Waals surface area (Å²) in [4.78, 5) is 0. The molecule has 0 fully saturated rings. The fourth-order valence-corrected chi connectivity index (χ4v) is 1.37. The lowest BCUT2D eigenvalue weighted by atomic mass is 10.2. The van der Waals surface area contributed by atoms with Crippen LogP contribution in [0.1, 0.15) is 19.4 Å². The van der Waals surface area contributed by atoms with Gasteiger partial charge in [0.1, 0.15) is 0 Å². The van der Waals surface area contributed by atoms with Crippen LogP contribution in [0.15, 0.2) is 42.5 Å². The van der Waals surface area contributed by atoms with Crippen LogP contribution in [-0.2, 0) is 0 Å². The average Bonchev–Trinajstić information content (AvgIpc) is 2.36. The molecular formula is C13H16. The van der Waals surface area contributed by atoms with Crippen LogP contribution in [-0.4, -0.2) is 0 Å². The summed E-state index contributed by atoms with van der Waals surface area (Å²) in [5.41, 5.74) is 3.99. The molecule has 2 aliphatic rings. The summed E-state index contributed by atoms with van der Waals surface area (Å²) in [6.45, 7) is 6.12. The maximum atomic E-state index is 2.20. The molecule has 0 N–H and O–H groups in total. The van der Waals surface area contributed by atoms with Gasteiger partial charge < -0.3 is 0 Å². The Hall–Kier alpha value is -1.30. The average molecular weight is 172 g/mol. The SMILES string of the molecule is CC.Cc1cc2cccccc-2c1. The molecule has 13 heavy (non-hydrogen) atoms. The molecule has 0 bridgehead atoms. The highest BCUT2D eigenvalue weighted by Crippen LogP contribution is 2.23. The van der Waals surface area contributed by atoms with E-state index in [0.717, 1.165) is 0 Å². The number of aryl methyl sites for hydroxylation is 1. The van der Waals surface area contributed by atoms with E-state index in [9.17, 15) is 0 Å². The molecule has 0 aliphatic heterocycles. The first kappa shape index (κ1) is 9.79. The van der Waals surface area contributed by atoms with Crippen LogP contribution in [0.3, 0.4) is 0 Å². The van der Waals surface area contributed by atoms with Crippen molar-refractivity contribution in [2.75, 3.05) is 0 Å². The predicted molar refractivity (Wildman–Crippen MR) is 59.1 cm³/mol. The topological polar surface area (TPSA) is 0 Å². The summed E-state index contributed by atoms with van der Waals surface area (Å²) in [5, 5.41) is 0. The first-order chi connectivity index (χ1) is 6.36. The highest BCUT2D eigenvalue weighted by Gasteiger charge is 1.99. The normalized spacial score (nSPS) is 9.15. The second kappa shape index (κ2) is 4.66. The van der Waals surface area contributed by atoms with Crippen LogP contribution >= 0.6 is 0 Å². The van der Waals surface area contributed by atoms with Gasteiger partial charge in [0.2, 0.25) is 0 Å². The van der Waals surface area contributed by atoms with E-state index in [0.29, 0.717) is 0 Å². The Kier molecular flexibility index (Phi) is 3.51. The summed E-state index contributed by atoms with van der Waals surface area (Å²) in [7, 11) is 0. The Morgan fingerprint density at radius 2 is 1.23 bits per heavy atom. The molecule has 0 heterocycles. The Balaban J connectivity index is 0.000000396. The minimum absolute atomic E-state index is 1.33. The number of rotatable bonds is 0. The predicted octanol–water partition coefficient (Wildman–Crippen LogP) is 4.13. The summed E-state index contributed by atoms with van der Waals surface area (Å²) < 4.78 is 0. The summed E-state index contributed by atoms with van der Waals surface area (Å²) in [6, 6.07) is 14.9. The van der Waals surface area contributed by atoms with Crippen LogP contribution in [0.5, 0.6) is 0 Å². The smallest absolute Gasteiger partial charge is 0.0181 e. The van der Waals surface area contributed by atoms with E-state index in [2.05, 4.69) is 49.4 Å². The van der Waals surface area contributed by atoms with Crippen molar-refractivity contribution in [2.45, 2.75) is 20.8 Å². The monoisotopic (exact) mass is 172 g/mol. The minimum Gasteiger partial charge on any atom is -0.0683 e. The van der Waals surface area contributed by atoms with Crippen molar-refractivity contribution in [3.63, 3.8) is 0 Å². The lowest BCUT2D eigenvalue weighted by molar-refractivity contribution is 1.50. The fraction of sp³-hybridized carbons (Fsp3) is 0.231. The molecule has 2 aliphatic carbocycles. The minimum atomic E-state index is 1.33. The van der Waals surface area contributed by atoms with E-state index in [1.165, 1.54) is 16.7 Å². The van der Waals surface area contributed by atoms with Crippen molar-refractivity contribution in [3.05, 3.63) is 48.0 Å². The molecule has 0 aromatic carbocycles. The molecule has 0 radical (unpaired) electrons. The van der Waals surface area contributed by atoms with E-state index in [1.807, 2.05) is 13.8 Å². The van der Waals surface area contributed by atoms with Gasteiger partial charge in [-0.3, -0.25) is 0 Å². The molecule has 0 unspecified atom stereocenters. The summed E-state index contributed by atoms with van der Waals surface area (Å²) in [5.74, 6) is 0. The Bertz CT molecular complexity index is 305.